The lowest BCUT2D eigenvalue weighted by atomic mass is 10.2. The van der Waals surface area contributed by atoms with Crippen LogP contribution in [0.25, 0.3) is 5.69 Å². The summed E-state index contributed by atoms with van der Waals surface area (Å²) in [6.07, 6.45) is 0. The van der Waals surface area contributed by atoms with E-state index in [-0.39, 0.29) is 29.5 Å². The molecule has 1 amide bonds. The number of nitro groups is 1. The van der Waals surface area contributed by atoms with Crippen molar-refractivity contribution >= 4 is 24.0 Å². The molecule has 1 aromatic heterocycles. The normalized spacial score (nSPS) is 14.1. The molecule has 0 aliphatic carbocycles. The number of carbonyl (C=O) groups excluding carboxylic acids is 1. The molecule has 0 radical (unpaired) electrons. The zero-order valence-electron chi connectivity index (χ0n) is 16.0. The van der Waals surface area contributed by atoms with E-state index in [4.69, 9.17) is 0 Å². The molecule has 3 rings (SSSR count). The second-order valence-electron chi connectivity index (χ2n) is 6.50. The number of amides is 1. The Morgan fingerprint density at radius 3 is 2.69 bits per heavy atom. The number of piperazine rings is 1. The van der Waals surface area contributed by atoms with Crippen LogP contribution in [0.1, 0.15) is 16.2 Å². The molecule has 2 heterocycles. The number of rotatable bonds is 6. The Labute approximate surface area is 173 Å². The first-order chi connectivity index (χ1) is 13.5. The van der Waals surface area contributed by atoms with Gasteiger partial charge in [-0.25, -0.2) is 4.68 Å². The van der Waals surface area contributed by atoms with Crippen LogP contribution >= 0.6 is 12.4 Å². The van der Waals surface area contributed by atoms with Crippen LogP contribution in [0.5, 0.6) is 0 Å². The van der Waals surface area contributed by atoms with Crippen LogP contribution in [0.3, 0.4) is 0 Å². The summed E-state index contributed by atoms with van der Waals surface area (Å²) in [5, 5.41) is 21.4. The van der Waals surface area contributed by atoms with E-state index in [0.29, 0.717) is 18.8 Å². The van der Waals surface area contributed by atoms with Gasteiger partial charge in [0.05, 0.1) is 4.92 Å². The third-order valence-electron chi connectivity index (χ3n) is 4.55. The number of nitrogens with one attached hydrogen (secondary N) is 2. The summed E-state index contributed by atoms with van der Waals surface area (Å²) < 4.78 is 1.25. The molecule has 0 spiro atoms. The van der Waals surface area contributed by atoms with Crippen molar-refractivity contribution in [3.63, 3.8) is 0 Å². The van der Waals surface area contributed by atoms with Gasteiger partial charge >= 0.3 is 0 Å². The molecular formula is C18H23ClN6O4. The molecule has 0 saturated carbocycles. The first kappa shape index (κ1) is 22.5. The minimum Gasteiger partial charge on any atom is -0.349 e. The number of aryl methyl sites for hydroxylation is 1. The highest BCUT2D eigenvalue weighted by Gasteiger charge is 2.20. The Balaban J connectivity index is 0.00000300. The van der Waals surface area contributed by atoms with Crippen molar-refractivity contribution in [3.8, 4) is 5.69 Å². The summed E-state index contributed by atoms with van der Waals surface area (Å²) in [6.45, 7) is 6.31. The van der Waals surface area contributed by atoms with E-state index in [9.17, 15) is 19.7 Å². The lowest BCUT2D eigenvalue weighted by Gasteiger charge is -2.27. The highest BCUT2D eigenvalue weighted by molar-refractivity contribution is 5.92. The number of hydrogen-bond acceptors (Lipinski definition) is 7. The summed E-state index contributed by atoms with van der Waals surface area (Å²) in [7, 11) is 0. The molecule has 1 fully saturated rings. The van der Waals surface area contributed by atoms with Gasteiger partial charge in [-0.1, -0.05) is 12.1 Å². The van der Waals surface area contributed by atoms with Crippen LogP contribution in [-0.2, 0) is 0 Å². The van der Waals surface area contributed by atoms with Crippen LogP contribution in [0.2, 0.25) is 0 Å². The van der Waals surface area contributed by atoms with E-state index in [1.54, 1.807) is 19.1 Å². The van der Waals surface area contributed by atoms with Crippen LogP contribution in [0, 0.1) is 17.0 Å². The van der Waals surface area contributed by atoms with Crippen molar-refractivity contribution in [1.29, 1.82) is 0 Å². The van der Waals surface area contributed by atoms with E-state index in [2.05, 4.69) is 20.6 Å². The van der Waals surface area contributed by atoms with Crippen molar-refractivity contribution in [3.05, 3.63) is 62.1 Å². The predicted molar refractivity (Wildman–Crippen MR) is 110 cm³/mol. The third kappa shape index (κ3) is 5.37. The molecule has 1 aromatic carbocycles. The largest absolute Gasteiger partial charge is 0.349 e. The van der Waals surface area contributed by atoms with Crippen molar-refractivity contribution in [1.82, 2.24) is 25.3 Å². The molecule has 0 unspecified atom stereocenters. The number of aromatic nitrogens is 2. The fourth-order valence-electron chi connectivity index (χ4n) is 3.09. The van der Waals surface area contributed by atoms with E-state index in [1.165, 1.54) is 22.9 Å². The molecule has 2 N–H and O–H groups in total. The minimum atomic E-state index is -0.590. The molecule has 2 aromatic rings. The third-order valence-corrected chi connectivity index (χ3v) is 4.55. The van der Waals surface area contributed by atoms with Gasteiger partial charge in [-0.15, -0.1) is 12.4 Å². The molecule has 29 heavy (non-hydrogen) atoms. The monoisotopic (exact) mass is 422 g/mol. The maximum absolute atomic E-state index is 12.5. The van der Waals surface area contributed by atoms with Crippen molar-refractivity contribution in [2.75, 3.05) is 39.3 Å². The van der Waals surface area contributed by atoms with E-state index >= 15 is 0 Å². The quantitative estimate of drug-likeness (QED) is 0.513. The molecule has 1 saturated heterocycles. The average Bonchev–Trinajstić information content (AvgIpc) is 2.69. The van der Waals surface area contributed by atoms with Crippen molar-refractivity contribution in [2.24, 2.45) is 0 Å². The van der Waals surface area contributed by atoms with Crippen LogP contribution < -0.4 is 16.1 Å². The summed E-state index contributed by atoms with van der Waals surface area (Å²) in [5.41, 5.74) is -0.376. The summed E-state index contributed by atoms with van der Waals surface area (Å²) >= 11 is 0. The Bertz CT molecular complexity index is 942. The SMILES string of the molecule is Cc1cc(=O)c(C(=O)NCCN2CCNCC2)nn1-c1ccccc1[N+](=O)[O-].Cl. The second-order valence-corrected chi connectivity index (χ2v) is 6.50. The fourth-order valence-corrected chi connectivity index (χ4v) is 3.09. The zero-order valence-corrected chi connectivity index (χ0v) is 16.8. The van der Waals surface area contributed by atoms with E-state index < -0.39 is 16.3 Å². The van der Waals surface area contributed by atoms with Crippen LogP contribution in [0.15, 0.2) is 35.1 Å². The number of halogens is 1. The summed E-state index contributed by atoms with van der Waals surface area (Å²) in [5.74, 6) is -0.590. The van der Waals surface area contributed by atoms with Gasteiger partial charge in [-0.3, -0.25) is 24.6 Å². The average molecular weight is 423 g/mol. The zero-order chi connectivity index (χ0) is 20.1. The van der Waals surface area contributed by atoms with Gasteiger partial charge in [0.25, 0.3) is 11.6 Å². The van der Waals surface area contributed by atoms with Crippen LogP contribution in [0.4, 0.5) is 5.69 Å². The van der Waals surface area contributed by atoms with Gasteiger partial charge in [-0.2, -0.15) is 5.10 Å². The first-order valence-electron chi connectivity index (χ1n) is 9.03. The number of para-hydroxylation sites is 2. The minimum absolute atomic E-state index is 0. The second kappa shape index (κ2) is 10.1. The number of nitrogens with zero attached hydrogens (tertiary/aromatic N) is 4. The Morgan fingerprint density at radius 2 is 2.00 bits per heavy atom. The van der Waals surface area contributed by atoms with Gasteiger partial charge in [0, 0.05) is 57.1 Å². The van der Waals surface area contributed by atoms with Gasteiger partial charge in [0.1, 0.15) is 5.69 Å². The molecule has 156 valence electrons. The molecule has 1 aliphatic heterocycles. The Morgan fingerprint density at radius 1 is 1.31 bits per heavy atom. The highest BCUT2D eigenvalue weighted by Crippen LogP contribution is 2.22. The predicted octanol–water partition coefficient (Wildman–Crippen LogP) is 0.506. The van der Waals surface area contributed by atoms with Crippen molar-refractivity contribution in [2.45, 2.75) is 6.92 Å². The fraction of sp³-hybridized carbons (Fsp3) is 0.389. The van der Waals surface area contributed by atoms with E-state index in [1.807, 2.05) is 0 Å². The standard InChI is InChI=1S/C18H22N6O4.ClH/c1-13-12-16(25)17(18(26)20-8-11-22-9-6-19-7-10-22)21-23(13)14-4-2-3-5-15(14)24(27)28;/h2-5,12,19H,6-11H2,1H3,(H,20,26);1H. The first-order valence-corrected chi connectivity index (χ1v) is 9.03. The van der Waals surface area contributed by atoms with Gasteiger partial charge in [-0.05, 0) is 13.0 Å². The smallest absolute Gasteiger partial charge is 0.294 e. The van der Waals surface area contributed by atoms with Crippen LogP contribution in [-0.4, -0.2) is 64.8 Å². The molecular weight excluding hydrogens is 400 g/mol. The lowest BCUT2D eigenvalue weighted by molar-refractivity contribution is -0.384. The summed E-state index contributed by atoms with van der Waals surface area (Å²) in [4.78, 5) is 37.7. The topological polar surface area (TPSA) is 122 Å². The number of nitro benzene ring substituents is 1. The Hall–Kier alpha value is -2.82. The summed E-state index contributed by atoms with van der Waals surface area (Å²) in [6, 6.07) is 7.31. The van der Waals surface area contributed by atoms with E-state index in [0.717, 1.165) is 26.2 Å². The molecule has 11 heteroatoms. The molecule has 10 nitrogen and oxygen atoms in total. The van der Waals surface area contributed by atoms with Crippen molar-refractivity contribution < 1.29 is 9.72 Å². The number of hydrogen-bond donors (Lipinski definition) is 2. The highest BCUT2D eigenvalue weighted by atomic mass is 35.5. The molecule has 1 aliphatic rings. The van der Waals surface area contributed by atoms with Gasteiger partial charge < -0.3 is 10.6 Å². The maximum Gasteiger partial charge on any atom is 0.294 e. The van der Waals surface area contributed by atoms with Gasteiger partial charge in [0.15, 0.2) is 5.69 Å². The maximum atomic E-state index is 12.5. The molecule has 0 bridgehead atoms. The molecule has 0 atom stereocenters. The lowest BCUT2D eigenvalue weighted by Crippen LogP contribution is -2.46. The number of benzene rings is 1. The Kier molecular flexibility index (Phi) is 7.82. The number of carbonyl (C=O) groups is 1. The van der Waals surface area contributed by atoms with Gasteiger partial charge in [0.2, 0.25) is 5.43 Å².